The van der Waals surface area contributed by atoms with Crippen LogP contribution in [0.1, 0.15) is 12.8 Å². The Labute approximate surface area is 151 Å². The van der Waals surface area contributed by atoms with Crippen LogP contribution in [0, 0.1) is 0 Å². The summed E-state index contributed by atoms with van der Waals surface area (Å²) in [6.07, 6.45) is 1.47. The van der Waals surface area contributed by atoms with Gasteiger partial charge in [0.05, 0.1) is 19.9 Å². The summed E-state index contributed by atoms with van der Waals surface area (Å²) in [6, 6.07) is 12.0. The van der Waals surface area contributed by atoms with E-state index in [0.717, 1.165) is 18.7 Å². The summed E-state index contributed by atoms with van der Waals surface area (Å²) >= 11 is 0. The Morgan fingerprint density at radius 3 is 2.42 bits per heavy atom. The van der Waals surface area contributed by atoms with Crippen molar-refractivity contribution >= 4 is 29.0 Å². The van der Waals surface area contributed by atoms with Crippen LogP contribution in [0.15, 0.2) is 42.5 Å². The molecule has 0 unspecified atom stereocenters. The van der Waals surface area contributed by atoms with Gasteiger partial charge in [0.25, 0.3) is 0 Å². The van der Waals surface area contributed by atoms with Crippen molar-refractivity contribution in [2.24, 2.45) is 0 Å². The van der Waals surface area contributed by atoms with Crippen LogP contribution < -0.4 is 25.0 Å². The lowest BCUT2D eigenvalue weighted by Gasteiger charge is -2.16. The van der Waals surface area contributed by atoms with Gasteiger partial charge in [0.2, 0.25) is 5.91 Å². The molecule has 2 aromatic carbocycles. The van der Waals surface area contributed by atoms with E-state index in [1.165, 1.54) is 14.2 Å². The highest BCUT2D eigenvalue weighted by atomic mass is 16.5. The standard InChI is InChI=1S/C19H21N3O4/c1-25-16-6-3-5-15(18(16)26-2)21-19(24)20-13-8-10-14(11-9-13)22-12-4-7-17(22)23/h3,5-6,8-11H,4,7,12H2,1-2H3,(H2,20,21,24). The van der Waals surface area contributed by atoms with Gasteiger partial charge in [-0.3, -0.25) is 4.79 Å². The van der Waals surface area contributed by atoms with Crippen molar-refractivity contribution < 1.29 is 19.1 Å². The molecule has 0 spiro atoms. The largest absolute Gasteiger partial charge is 0.493 e. The number of carbonyl (C=O) groups excluding carboxylic acids is 2. The number of rotatable bonds is 5. The average molecular weight is 355 g/mol. The molecule has 0 saturated carbocycles. The molecule has 0 aromatic heterocycles. The minimum absolute atomic E-state index is 0.133. The van der Waals surface area contributed by atoms with Crippen LogP contribution in [0.2, 0.25) is 0 Å². The number of nitrogens with one attached hydrogen (secondary N) is 2. The third-order valence-electron chi connectivity index (χ3n) is 4.16. The first kappa shape index (κ1) is 17.6. The zero-order valence-electron chi connectivity index (χ0n) is 14.7. The van der Waals surface area contributed by atoms with Crippen LogP contribution in [-0.2, 0) is 4.79 Å². The third kappa shape index (κ3) is 3.72. The number of hydrogen-bond acceptors (Lipinski definition) is 4. The molecule has 0 bridgehead atoms. The Morgan fingerprint density at radius 2 is 1.81 bits per heavy atom. The number of amides is 3. The average Bonchev–Trinajstić information content (AvgIpc) is 3.08. The summed E-state index contributed by atoms with van der Waals surface area (Å²) in [5.41, 5.74) is 1.97. The van der Waals surface area contributed by atoms with Crippen LogP contribution in [0.25, 0.3) is 0 Å². The highest BCUT2D eigenvalue weighted by Crippen LogP contribution is 2.34. The number of ether oxygens (including phenoxy) is 2. The highest BCUT2D eigenvalue weighted by molar-refractivity contribution is 6.01. The number of benzene rings is 2. The second kappa shape index (κ2) is 7.77. The third-order valence-corrected chi connectivity index (χ3v) is 4.16. The van der Waals surface area contributed by atoms with Crippen molar-refractivity contribution in [2.45, 2.75) is 12.8 Å². The van der Waals surface area contributed by atoms with E-state index in [1.54, 1.807) is 35.2 Å². The first-order chi connectivity index (χ1) is 12.6. The summed E-state index contributed by atoms with van der Waals surface area (Å²) in [6.45, 7) is 0.738. The maximum absolute atomic E-state index is 12.3. The van der Waals surface area contributed by atoms with E-state index in [0.29, 0.717) is 29.3 Å². The number of carbonyl (C=O) groups is 2. The molecular formula is C19H21N3O4. The maximum Gasteiger partial charge on any atom is 0.323 e. The molecule has 1 heterocycles. The Morgan fingerprint density at radius 1 is 1.04 bits per heavy atom. The van der Waals surface area contributed by atoms with Gasteiger partial charge in [0.1, 0.15) is 0 Å². The molecule has 7 nitrogen and oxygen atoms in total. The van der Waals surface area contributed by atoms with Gasteiger partial charge < -0.3 is 25.0 Å². The molecule has 26 heavy (non-hydrogen) atoms. The van der Waals surface area contributed by atoms with E-state index in [4.69, 9.17) is 9.47 Å². The molecule has 1 aliphatic heterocycles. The summed E-state index contributed by atoms with van der Waals surface area (Å²) in [4.78, 5) is 25.8. The first-order valence-electron chi connectivity index (χ1n) is 8.32. The van der Waals surface area contributed by atoms with Gasteiger partial charge in [-0.05, 0) is 42.8 Å². The SMILES string of the molecule is COc1cccc(NC(=O)Nc2ccc(N3CCCC3=O)cc2)c1OC. The van der Waals surface area contributed by atoms with E-state index in [9.17, 15) is 9.59 Å². The van der Waals surface area contributed by atoms with Crippen molar-refractivity contribution in [2.75, 3.05) is 36.3 Å². The predicted molar refractivity (Wildman–Crippen MR) is 100 cm³/mol. The van der Waals surface area contributed by atoms with Crippen molar-refractivity contribution in [3.05, 3.63) is 42.5 Å². The molecule has 1 fully saturated rings. The lowest BCUT2D eigenvalue weighted by Crippen LogP contribution is -2.23. The number of methoxy groups -OCH3 is 2. The molecule has 0 radical (unpaired) electrons. The van der Waals surface area contributed by atoms with E-state index in [2.05, 4.69) is 10.6 Å². The lowest BCUT2D eigenvalue weighted by atomic mass is 10.2. The zero-order valence-corrected chi connectivity index (χ0v) is 14.7. The van der Waals surface area contributed by atoms with E-state index >= 15 is 0 Å². The highest BCUT2D eigenvalue weighted by Gasteiger charge is 2.21. The number of urea groups is 1. The zero-order chi connectivity index (χ0) is 18.5. The van der Waals surface area contributed by atoms with Gasteiger partial charge in [-0.2, -0.15) is 0 Å². The Bertz CT molecular complexity index is 805. The second-order valence-electron chi connectivity index (χ2n) is 5.82. The van der Waals surface area contributed by atoms with Crippen molar-refractivity contribution in [3.8, 4) is 11.5 Å². The molecule has 136 valence electrons. The lowest BCUT2D eigenvalue weighted by molar-refractivity contribution is -0.117. The van der Waals surface area contributed by atoms with Gasteiger partial charge in [-0.1, -0.05) is 6.07 Å². The minimum atomic E-state index is -0.401. The topological polar surface area (TPSA) is 79.9 Å². The summed E-state index contributed by atoms with van der Waals surface area (Å²) in [7, 11) is 3.05. The normalized spacial score (nSPS) is 13.5. The molecule has 3 rings (SSSR count). The van der Waals surface area contributed by atoms with E-state index < -0.39 is 6.03 Å². The van der Waals surface area contributed by atoms with E-state index in [-0.39, 0.29) is 5.91 Å². The van der Waals surface area contributed by atoms with Crippen LogP contribution in [-0.4, -0.2) is 32.7 Å². The van der Waals surface area contributed by atoms with Crippen molar-refractivity contribution in [1.82, 2.24) is 0 Å². The number of nitrogens with zero attached hydrogens (tertiary/aromatic N) is 1. The van der Waals surface area contributed by atoms with E-state index in [1.807, 2.05) is 12.1 Å². The summed E-state index contributed by atoms with van der Waals surface area (Å²) in [5, 5.41) is 5.50. The quantitative estimate of drug-likeness (QED) is 0.861. The fraction of sp³-hybridized carbons (Fsp3) is 0.263. The van der Waals surface area contributed by atoms with Crippen molar-refractivity contribution in [3.63, 3.8) is 0 Å². The van der Waals surface area contributed by atoms with Crippen LogP contribution in [0.3, 0.4) is 0 Å². The Hall–Kier alpha value is -3.22. The first-order valence-corrected chi connectivity index (χ1v) is 8.32. The maximum atomic E-state index is 12.3. The molecule has 7 heteroatoms. The molecular weight excluding hydrogens is 334 g/mol. The van der Waals surface area contributed by atoms with Crippen LogP contribution in [0.5, 0.6) is 11.5 Å². The molecule has 2 aromatic rings. The number of para-hydroxylation sites is 1. The second-order valence-corrected chi connectivity index (χ2v) is 5.82. The Kier molecular flexibility index (Phi) is 5.26. The molecule has 1 aliphatic rings. The fourth-order valence-electron chi connectivity index (χ4n) is 2.92. The smallest absolute Gasteiger partial charge is 0.323 e. The molecule has 0 atom stereocenters. The van der Waals surface area contributed by atoms with Crippen molar-refractivity contribution in [1.29, 1.82) is 0 Å². The van der Waals surface area contributed by atoms with Gasteiger partial charge in [0, 0.05) is 24.3 Å². The number of anilines is 3. The van der Waals surface area contributed by atoms with Crippen LogP contribution in [0.4, 0.5) is 21.9 Å². The molecule has 2 N–H and O–H groups in total. The summed E-state index contributed by atoms with van der Waals surface area (Å²) < 4.78 is 10.5. The minimum Gasteiger partial charge on any atom is -0.493 e. The number of hydrogen-bond donors (Lipinski definition) is 2. The molecule has 0 aliphatic carbocycles. The van der Waals surface area contributed by atoms with Crippen LogP contribution >= 0.6 is 0 Å². The monoisotopic (exact) mass is 355 g/mol. The molecule has 3 amide bonds. The van der Waals surface area contributed by atoms with Gasteiger partial charge >= 0.3 is 6.03 Å². The fourth-order valence-corrected chi connectivity index (χ4v) is 2.92. The summed E-state index contributed by atoms with van der Waals surface area (Å²) in [5.74, 6) is 1.12. The van der Waals surface area contributed by atoms with Gasteiger partial charge in [-0.25, -0.2) is 4.79 Å². The molecule has 1 saturated heterocycles. The predicted octanol–water partition coefficient (Wildman–Crippen LogP) is 3.47. The van der Waals surface area contributed by atoms with Gasteiger partial charge in [-0.15, -0.1) is 0 Å². The Balaban J connectivity index is 1.66. The van der Waals surface area contributed by atoms with Gasteiger partial charge in [0.15, 0.2) is 11.5 Å².